The van der Waals surface area contributed by atoms with Gasteiger partial charge in [-0.05, 0) is 23.6 Å². The van der Waals surface area contributed by atoms with Crippen LogP contribution in [0.5, 0.6) is 0 Å². The number of benzene rings is 1. The highest BCUT2D eigenvalue weighted by atomic mass is 32.1. The highest BCUT2D eigenvalue weighted by Gasteiger charge is 2.16. The molecular formula is C14H14N2O4S. The van der Waals surface area contributed by atoms with E-state index in [9.17, 15) is 14.4 Å². The third-order valence-electron chi connectivity index (χ3n) is 3.11. The fourth-order valence-corrected chi connectivity index (χ4v) is 2.26. The molecule has 0 bridgehead atoms. The predicted octanol–water partition coefficient (Wildman–Crippen LogP) is 1.64. The SMILES string of the molecule is CC(C)c1ccc(-n2c(=O)[nH]cc(C(=O)O)c2=O)c(S)c1. The second-order valence-electron chi connectivity index (χ2n) is 4.86. The molecule has 0 fully saturated rings. The van der Waals surface area contributed by atoms with Crippen molar-refractivity contribution in [2.45, 2.75) is 24.7 Å². The van der Waals surface area contributed by atoms with Gasteiger partial charge in [0.25, 0.3) is 5.56 Å². The maximum Gasteiger partial charge on any atom is 0.342 e. The molecule has 2 rings (SSSR count). The van der Waals surface area contributed by atoms with Crippen molar-refractivity contribution in [1.82, 2.24) is 9.55 Å². The number of H-pyrrole nitrogens is 1. The van der Waals surface area contributed by atoms with E-state index in [-0.39, 0.29) is 11.6 Å². The molecular weight excluding hydrogens is 292 g/mol. The molecule has 0 aliphatic carbocycles. The van der Waals surface area contributed by atoms with E-state index >= 15 is 0 Å². The van der Waals surface area contributed by atoms with Crippen molar-refractivity contribution < 1.29 is 9.90 Å². The number of hydrogen-bond acceptors (Lipinski definition) is 4. The average molecular weight is 306 g/mol. The molecule has 0 aliphatic rings. The van der Waals surface area contributed by atoms with Crippen LogP contribution in [-0.4, -0.2) is 20.6 Å². The average Bonchev–Trinajstić information content (AvgIpc) is 2.39. The van der Waals surface area contributed by atoms with Crippen molar-refractivity contribution >= 4 is 18.6 Å². The topological polar surface area (TPSA) is 92.2 Å². The number of carboxylic acid groups (broad SMARTS) is 1. The van der Waals surface area contributed by atoms with Gasteiger partial charge in [-0.1, -0.05) is 19.9 Å². The van der Waals surface area contributed by atoms with Crippen LogP contribution in [0.2, 0.25) is 0 Å². The summed E-state index contributed by atoms with van der Waals surface area (Å²) in [6.07, 6.45) is 0.893. The van der Waals surface area contributed by atoms with Gasteiger partial charge in [0.2, 0.25) is 0 Å². The van der Waals surface area contributed by atoms with Crippen LogP contribution >= 0.6 is 12.6 Å². The summed E-state index contributed by atoms with van der Waals surface area (Å²) in [7, 11) is 0. The van der Waals surface area contributed by atoms with Gasteiger partial charge in [0, 0.05) is 11.1 Å². The maximum atomic E-state index is 12.1. The normalized spacial score (nSPS) is 10.9. The lowest BCUT2D eigenvalue weighted by atomic mass is 10.0. The van der Waals surface area contributed by atoms with Crippen molar-refractivity contribution in [3.8, 4) is 5.69 Å². The summed E-state index contributed by atoms with van der Waals surface area (Å²) >= 11 is 4.29. The lowest BCUT2D eigenvalue weighted by Gasteiger charge is -2.11. The monoisotopic (exact) mass is 306 g/mol. The van der Waals surface area contributed by atoms with Crippen molar-refractivity contribution in [2.75, 3.05) is 0 Å². The van der Waals surface area contributed by atoms with E-state index in [1.807, 2.05) is 13.8 Å². The Morgan fingerprint density at radius 3 is 2.52 bits per heavy atom. The van der Waals surface area contributed by atoms with E-state index in [1.54, 1.807) is 18.2 Å². The molecule has 0 radical (unpaired) electrons. The first-order valence-corrected chi connectivity index (χ1v) is 6.69. The minimum atomic E-state index is -1.40. The van der Waals surface area contributed by atoms with Crippen LogP contribution < -0.4 is 11.2 Å². The number of carboxylic acids is 1. The summed E-state index contributed by atoms with van der Waals surface area (Å²) < 4.78 is 0.774. The van der Waals surface area contributed by atoms with Crippen molar-refractivity contribution in [1.29, 1.82) is 0 Å². The smallest absolute Gasteiger partial charge is 0.342 e. The van der Waals surface area contributed by atoms with Crippen molar-refractivity contribution in [2.24, 2.45) is 0 Å². The second-order valence-corrected chi connectivity index (χ2v) is 5.34. The third kappa shape index (κ3) is 2.78. The van der Waals surface area contributed by atoms with E-state index in [1.165, 1.54) is 0 Å². The molecule has 110 valence electrons. The van der Waals surface area contributed by atoms with Crippen LogP contribution in [0, 0.1) is 0 Å². The second kappa shape index (κ2) is 5.61. The van der Waals surface area contributed by atoms with Crippen LogP contribution in [-0.2, 0) is 0 Å². The maximum absolute atomic E-state index is 12.1. The number of nitrogens with zero attached hydrogens (tertiary/aromatic N) is 1. The molecule has 0 aliphatic heterocycles. The zero-order chi connectivity index (χ0) is 15.7. The summed E-state index contributed by atoms with van der Waals surface area (Å²) in [5.74, 6) is -1.13. The predicted molar refractivity (Wildman–Crippen MR) is 81.0 cm³/mol. The van der Waals surface area contributed by atoms with Crippen LogP contribution in [0.4, 0.5) is 0 Å². The largest absolute Gasteiger partial charge is 0.477 e. The first kappa shape index (κ1) is 15.1. The molecule has 1 aromatic carbocycles. The molecule has 7 heteroatoms. The molecule has 0 amide bonds. The number of thiol groups is 1. The molecule has 1 aromatic heterocycles. The first-order valence-electron chi connectivity index (χ1n) is 6.24. The zero-order valence-corrected chi connectivity index (χ0v) is 12.3. The van der Waals surface area contributed by atoms with Crippen LogP contribution in [0.3, 0.4) is 0 Å². The van der Waals surface area contributed by atoms with Gasteiger partial charge in [-0.15, -0.1) is 12.6 Å². The van der Waals surface area contributed by atoms with Gasteiger partial charge < -0.3 is 10.1 Å². The van der Waals surface area contributed by atoms with Gasteiger partial charge in [-0.2, -0.15) is 0 Å². The minimum absolute atomic E-state index is 0.247. The summed E-state index contributed by atoms with van der Waals surface area (Å²) in [6, 6.07) is 5.11. The Morgan fingerprint density at radius 1 is 1.33 bits per heavy atom. The van der Waals surface area contributed by atoms with Gasteiger partial charge in [0.05, 0.1) is 5.69 Å². The van der Waals surface area contributed by atoms with Gasteiger partial charge in [0.15, 0.2) is 0 Å². The Labute approximate surface area is 125 Å². The molecule has 6 nitrogen and oxygen atoms in total. The van der Waals surface area contributed by atoms with Crippen molar-refractivity contribution in [3.05, 3.63) is 56.4 Å². The number of hydrogen-bond donors (Lipinski definition) is 3. The number of aromatic nitrogens is 2. The Bertz CT molecular complexity index is 820. The minimum Gasteiger partial charge on any atom is -0.477 e. The molecule has 0 saturated heterocycles. The molecule has 0 saturated carbocycles. The Morgan fingerprint density at radius 2 is 2.00 bits per heavy atom. The highest BCUT2D eigenvalue weighted by molar-refractivity contribution is 7.80. The van der Waals surface area contributed by atoms with Crippen LogP contribution in [0.25, 0.3) is 5.69 Å². The molecule has 2 N–H and O–H groups in total. The standard InChI is InChI=1S/C14H14N2O4S/c1-7(2)8-3-4-10(11(21)5-8)16-12(17)9(13(18)19)6-15-14(16)20/h3-7,21H,1-2H3,(H,15,20)(H,18,19). The van der Waals surface area contributed by atoms with Gasteiger partial charge >= 0.3 is 11.7 Å². The quantitative estimate of drug-likeness (QED) is 0.752. The number of carbonyl (C=O) groups is 1. The highest BCUT2D eigenvalue weighted by Crippen LogP contribution is 2.22. The first-order chi connectivity index (χ1) is 9.82. The van der Waals surface area contributed by atoms with Gasteiger partial charge in [-0.3, -0.25) is 4.79 Å². The van der Waals surface area contributed by atoms with Gasteiger partial charge in [0.1, 0.15) is 5.56 Å². The van der Waals surface area contributed by atoms with Crippen LogP contribution in [0.1, 0.15) is 35.7 Å². The van der Waals surface area contributed by atoms with E-state index in [2.05, 4.69) is 17.6 Å². The Kier molecular flexibility index (Phi) is 4.04. The Balaban J connectivity index is 2.73. The number of rotatable bonds is 3. The fourth-order valence-electron chi connectivity index (χ4n) is 1.93. The number of nitrogens with one attached hydrogen (secondary N) is 1. The number of aromatic carboxylic acids is 1. The van der Waals surface area contributed by atoms with Crippen molar-refractivity contribution in [3.63, 3.8) is 0 Å². The molecule has 2 aromatic rings. The molecule has 0 atom stereocenters. The van der Waals surface area contributed by atoms with E-state index < -0.39 is 22.8 Å². The Hall–Kier alpha value is -2.28. The summed E-state index contributed by atoms with van der Waals surface area (Å²) in [5, 5.41) is 8.96. The lowest BCUT2D eigenvalue weighted by molar-refractivity contribution is 0.0694. The fraction of sp³-hybridized carbons (Fsp3) is 0.214. The summed E-state index contributed by atoms with van der Waals surface area (Å²) in [6.45, 7) is 4.01. The molecule has 0 spiro atoms. The zero-order valence-electron chi connectivity index (χ0n) is 11.5. The van der Waals surface area contributed by atoms with Crippen LogP contribution in [0.15, 0.2) is 38.9 Å². The van der Waals surface area contributed by atoms with E-state index in [4.69, 9.17) is 5.11 Å². The lowest BCUT2D eigenvalue weighted by Crippen LogP contribution is -2.37. The van der Waals surface area contributed by atoms with E-state index in [0.29, 0.717) is 4.90 Å². The van der Waals surface area contributed by atoms with Gasteiger partial charge in [-0.25, -0.2) is 14.2 Å². The van der Waals surface area contributed by atoms with E-state index in [0.717, 1.165) is 16.3 Å². The summed E-state index contributed by atoms with van der Waals surface area (Å²) in [4.78, 5) is 37.7. The molecule has 21 heavy (non-hydrogen) atoms. The summed E-state index contributed by atoms with van der Waals surface area (Å²) in [5.41, 5.74) is -0.855. The third-order valence-corrected chi connectivity index (χ3v) is 3.47. The molecule has 1 heterocycles. The molecule has 0 unspecified atom stereocenters. The number of aromatic amines is 1.